The Bertz CT molecular complexity index is 610. The summed E-state index contributed by atoms with van der Waals surface area (Å²) in [7, 11) is 0. The van der Waals surface area contributed by atoms with Crippen LogP contribution in [-0.2, 0) is 0 Å². The zero-order valence-electron chi connectivity index (χ0n) is 19.4. The van der Waals surface area contributed by atoms with E-state index in [-0.39, 0.29) is 6.10 Å². The van der Waals surface area contributed by atoms with Gasteiger partial charge in [0.1, 0.15) is 0 Å². The van der Waals surface area contributed by atoms with Crippen LogP contribution in [0.3, 0.4) is 0 Å². The second kappa shape index (κ2) is 9.12. The molecular formula is C27H45IO. The van der Waals surface area contributed by atoms with Crippen LogP contribution in [0.15, 0.2) is 11.1 Å². The molecule has 2 fully saturated rings. The van der Waals surface area contributed by atoms with E-state index in [9.17, 15) is 5.11 Å². The maximum atomic E-state index is 10.3. The Balaban J connectivity index is 1.51. The van der Waals surface area contributed by atoms with E-state index in [4.69, 9.17) is 0 Å². The Labute approximate surface area is 194 Å². The van der Waals surface area contributed by atoms with Gasteiger partial charge in [-0.3, -0.25) is 0 Å². The summed E-state index contributed by atoms with van der Waals surface area (Å²) >= 11 is 2.63. The number of hydrogen-bond donors (Lipinski definition) is 1. The number of halogens is 1. The fourth-order valence-electron chi connectivity index (χ4n) is 8.52. The van der Waals surface area contributed by atoms with Crippen molar-refractivity contribution in [2.45, 2.75) is 104 Å². The standard InChI is InChI=1S/C27H45IO/c1-17(2)6-5-7-18(3)25-10-11-26-24-14-19(16-28)23-15-20(29)8-9-21(23)22(24)12-13-27(25,26)4/h17-20,22,24-26,29H,5-16H2,1-4H3/t18-,19+,20+,22-,24-,25-,26+,27-/m1/s1/i28+4. The summed E-state index contributed by atoms with van der Waals surface area (Å²) in [6, 6.07) is 0. The summed E-state index contributed by atoms with van der Waals surface area (Å²) < 4.78 is 1.25. The van der Waals surface area contributed by atoms with E-state index in [1.165, 1.54) is 62.2 Å². The fraction of sp³-hybridized carbons (Fsp3) is 0.926. The molecule has 0 amide bonds. The lowest BCUT2D eigenvalue weighted by Crippen LogP contribution is -2.46. The number of allylic oxidation sites excluding steroid dienone is 1. The molecule has 8 atom stereocenters. The first-order valence-electron chi connectivity index (χ1n) is 12.8. The molecule has 0 spiro atoms. The molecule has 2 heteroatoms. The van der Waals surface area contributed by atoms with Gasteiger partial charge in [0.15, 0.2) is 0 Å². The molecule has 0 aromatic heterocycles. The van der Waals surface area contributed by atoms with E-state index >= 15 is 0 Å². The minimum atomic E-state index is -0.0628. The molecule has 4 aliphatic carbocycles. The Hall–Kier alpha value is 0.430. The van der Waals surface area contributed by atoms with E-state index in [0.717, 1.165) is 54.3 Å². The number of fused-ring (bicyclic) bond motifs is 4. The predicted octanol–water partition coefficient (Wildman–Crippen LogP) is 7.80. The highest BCUT2D eigenvalue weighted by atomic mass is 131. The molecule has 29 heavy (non-hydrogen) atoms. The van der Waals surface area contributed by atoms with Crippen LogP contribution in [-0.4, -0.2) is 15.6 Å². The molecule has 1 nitrogen and oxygen atoms in total. The first-order chi connectivity index (χ1) is 13.8. The number of alkyl halides is 1. The number of rotatable bonds is 6. The van der Waals surface area contributed by atoms with Crippen molar-refractivity contribution in [3.05, 3.63) is 11.1 Å². The Kier molecular flexibility index (Phi) is 7.11. The van der Waals surface area contributed by atoms with Crippen molar-refractivity contribution in [3.8, 4) is 0 Å². The molecule has 4 rings (SSSR count). The van der Waals surface area contributed by atoms with Gasteiger partial charge >= 0.3 is 0 Å². The number of aliphatic hydroxyl groups is 1. The van der Waals surface area contributed by atoms with Crippen LogP contribution in [0.5, 0.6) is 0 Å². The molecular weight excluding hydrogens is 471 g/mol. The van der Waals surface area contributed by atoms with Crippen molar-refractivity contribution in [2.24, 2.45) is 46.8 Å². The maximum Gasteiger partial charge on any atom is 0.0580 e. The zero-order chi connectivity index (χ0) is 20.8. The SMILES string of the molecule is CC(C)CCC[C@@H](C)[C@H]1CC[C@H]2[C@@H]3C[C@@H](C[131I])C4=C(CC[C@H](O)C4)[C@H]3CC[C@]12C. The highest BCUT2D eigenvalue weighted by Gasteiger charge is 2.56. The van der Waals surface area contributed by atoms with Gasteiger partial charge in [0.25, 0.3) is 0 Å². The summed E-state index contributed by atoms with van der Waals surface area (Å²) in [6.45, 7) is 10.0. The van der Waals surface area contributed by atoms with Crippen molar-refractivity contribution in [3.63, 3.8) is 0 Å². The van der Waals surface area contributed by atoms with Crippen LogP contribution >= 0.6 is 22.6 Å². The average Bonchev–Trinajstić information content (AvgIpc) is 3.04. The minimum Gasteiger partial charge on any atom is -0.393 e. The fourth-order valence-corrected chi connectivity index (χ4v) is 9.41. The van der Waals surface area contributed by atoms with Gasteiger partial charge in [0, 0.05) is 4.43 Å². The van der Waals surface area contributed by atoms with Crippen LogP contribution in [0.1, 0.15) is 98.3 Å². The van der Waals surface area contributed by atoms with E-state index in [0.29, 0.717) is 5.41 Å². The second-order valence-electron chi connectivity index (χ2n) is 11.9. The normalized spacial score (nSPS) is 43.1. The maximum absolute atomic E-state index is 10.3. The zero-order valence-corrected chi connectivity index (χ0v) is 21.6. The van der Waals surface area contributed by atoms with Gasteiger partial charge in [0.2, 0.25) is 0 Å². The topological polar surface area (TPSA) is 20.2 Å². The lowest BCUT2D eigenvalue weighted by atomic mass is 9.51. The third-order valence-corrected chi connectivity index (χ3v) is 11.0. The third-order valence-electron chi connectivity index (χ3n) is 9.94. The van der Waals surface area contributed by atoms with Crippen LogP contribution in [0.4, 0.5) is 0 Å². The van der Waals surface area contributed by atoms with Crippen LogP contribution in [0, 0.1) is 46.8 Å². The monoisotopic (exact) mass is 516 g/mol. The first-order valence-corrected chi connectivity index (χ1v) is 14.3. The molecule has 0 bridgehead atoms. The van der Waals surface area contributed by atoms with E-state index in [1.807, 2.05) is 5.57 Å². The van der Waals surface area contributed by atoms with Crippen molar-refractivity contribution < 1.29 is 5.11 Å². The van der Waals surface area contributed by atoms with Crippen molar-refractivity contribution in [2.75, 3.05) is 4.43 Å². The quantitative estimate of drug-likeness (QED) is 0.217. The van der Waals surface area contributed by atoms with Gasteiger partial charge in [-0.2, -0.15) is 0 Å². The van der Waals surface area contributed by atoms with Crippen LogP contribution in [0.2, 0.25) is 0 Å². The van der Waals surface area contributed by atoms with Crippen LogP contribution in [0.25, 0.3) is 0 Å². The molecule has 0 aromatic rings. The van der Waals surface area contributed by atoms with E-state index < -0.39 is 0 Å². The molecule has 0 radical (unpaired) electrons. The molecule has 0 aromatic carbocycles. The van der Waals surface area contributed by atoms with E-state index in [1.54, 1.807) is 5.57 Å². The number of hydrogen-bond acceptors (Lipinski definition) is 1. The summed E-state index contributed by atoms with van der Waals surface area (Å²) in [5.74, 6) is 6.25. The molecule has 0 unspecified atom stereocenters. The Morgan fingerprint density at radius 1 is 1.07 bits per heavy atom. The largest absolute Gasteiger partial charge is 0.393 e. The Morgan fingerprint density at radius 3 is 2.59 bits per heavy atom. The third kappa shape index (κ3) is 4.24. The Morgan fingerprint density at radius 2 is 1.86 bits per heavy atom. The van der Waals surface area contributed by atoms with Gasteiger partial charge < -0.3 is 5.11 Å². The molecule has 2 saturated carbocycles. The lowest BCUT2D eigenvalue weighted by molar-refractivity contribution is -0.0106. The summed E-state index contributed by atoms with van der Waals surface area (Å²) in [4.78, 5) is 0. The van der Waals surface area contributed by atoms with Gasteiger partial charge in [-0.25, -0.2) is 0 Å². The molecule has 4 aliphatic rings. The van der Waals surface area contributed by atoms with Gasteiger partial charge in [-0.15, -0.1) is 0 Å². The van der Waals surface area contributed by atoms with Gasteiger partial charge in [0.05, 0.1) is 6.10 Å². The first kappa shape index (κ1) is 22.6. The van der Waals surface area contributed by atoms with Crippen molar-refractivity contribution in [1.82, 2.24) is 0 Å². The molecule has 0 aliphatic heterocycles. The summed E-state index contributed by atoms with van der Waals surface area (Å²) in [5, 5.41) is 10.3. The summed E-state index contributed by atoms with van der Waals surface area (Å²) in [5.41, 5.74) is 4.14. The smallest absolute Gasteiger partial charge is 0.0580 e. The number of aliphatic hydroxyl groups excluding tert-OH is 1. The van der Waals surface area contributed by atoms with Crippen molar-refractivity contribution >= 4 is 22.6 Å². The predicted molar refractivity (Wildman–Crippen MR) is 132 cm³/mol. The van der Waals surface area contributed by atoms with E-state index in [2.05, 4.69) is 50.3 Å². The minimum absolute atomic E-state index is 0.0628. The lowest BCUT2D eigenvalue weighted by Gasteiger charge is -2.54. The molecule has 0 saturated heterocycles. The summed E-state index contributed by atoms with van der Waals surface area (Å²) in [6.07, 6.45) is 14.7. The second-order valence-corrected chi connectivity index (χ2v) is 12.8. The highest BCUT2D eigenvalue weighted by Crippen LogP contribution is 2.65. The molecule has 1 N–H and O–H groups in total. The molecule has 166 valence electrons. The van der Waals surface area contributed by atoms with Crippen molar-refractivity contribution in [1.29, 1.82) is 0 Å². The van der Waals surface area contributed by atoms with Gasteiger partial charge in [-0.1, -0.05) is 80.7 Å². The highest BCUT2D eigenvalue weighted by molar-refractivity contribution is 14.1. The van der Waals surface area contributed by atoms with Crippen LogP contribution < -0.4 is 0 Å². The average molecular weight is 517 g/mol. The molecule has 0 heterocycles. The van der Waals surface area contributed by atoms with Gasteiger partial charge in [-0.05, 0) is 98.2 Å².